The Morgan fingerprint density at radius 3 is 2.38 bits per heavy atom. The molecular weight excluding hydrogens is 352 g/mol. The Hall–Kier alpha value is -1.52. The van der Waals surface area contributed by atoms with Crippen LogP contribution < -0.4 is 11.1 Å². The summed E-state index contributed by atoms with van der Waals surface area (Å²) in [5, 5.41) is 3.90. The third-order valence-corrected chi connectivity index (χ3v) is 4.45. The Labute approximate surface area is 137 Å². The summed E-state index contributed by atoms with van der Waals surface area (Å²) in [6, 6.07) is 14.8. The molecular formula is C16H16BrClN2O. The number of para-hydroxylation sites is 1. The van der Waals surface area contributed by atoms with Gasteiger partial charge in [-0.3, -0.25) is 4.79 Å². The molecule has 21 heavy (non-hydrogen) atoms. The molecule has 3 nitrogen and oxygen atoms in total. The number of nitrogens with two attached hydrogens (primary N) is 1. The van der Waals surface area contributed by atoms with E-state index >= 15 is 0 Å². The van der Waals surface area contributed by atoms with Crippen molar-refractivity contribution < 1.29 is 4.79 Å². The van der Waals surface area contributed by atoms with Crippen molar-refractivity contribution in [2.75, 3.05) is 5.32 Å². The molecule has 2 aromatic carbocycles. The third kappa shape index (κ3) is 3.22. The molecule has 1 amide bonds. The lowest BCUT2D eigenvalue weighted by Crippen LogP contribution is -2.47. The first-order chi connectivity index (χ1) is 9.99. The summed E-state index contributed by atoms with van der Waals surface area (Å²) in [5.41, 5.74) is 6.33. The maximum absolute atomic E-state index is 12.2. The predicted octanol–water partition coefficient (Wildman–Crippen LogP) is 4.31. The number of amides is 1. The summed E-state index contributed by atoms with van der Waals surface area (Å²) in [4.78, 5) is 12.2. The van der Waals surface area contributed by atoms with Gasteiger partial charge < -0.3 is 11.1 Å². The van der Waals surface area contributed by atoms with Crippen LogP contribution in [0.2, 0.25) is 5.02 Å². The highest BCUT2D eigenvalue weighted by Crippen LogP contribution is 2.33. The summed E-state index contributed by atoms with van der Waals surface area (Å²) in [7, 11) is 0. The van der Waals surface area contributed by atoms with Crippen LogP contribution in [0.4, 0.5) is 5.69 Å². The van der Waals surface area contributed by atoms with Gasteiger partial charge >= 0.3 is 0 Å². The minimum atomic E-state index is -0.978. The van der Waals surface area contributed by atoms with Crippen molar-refractivity contribution in [2.45, 2.75) is 18.9 Å². The molecule has 0 heterocycles. The van der Waals surface area contributed by atoms with E-state index in [-0.39, 0.29) is 0 Å². The average molecular weight is 368 g/mol. The molecule has 0 aliphatic heterocycles. The first-order valence-corrected chi connectivity index (χ1v) is 7.75. The molecule has 0 radical (unpaired) electrons. The van der Waals surface area contributed by atoms with Crippen molar-refractivity contribution in [3.63, 3.8) is 0 Å². The molecule has 0 aliphatic rings. The molecule has 0 spiro atoms. The van der Waals surface area contributed by atoms with E-state index in [0.717, 1.165) is 15.7 Å². The van der Waals surface area contributed by atoms with Gasteiger partial charge in [0.15, 0.2) is 0 Å². The Morgan fingerprint density at radius 2 is 1.86 bits per heavy atom. The molecule has 0 bridgehead atoms. The second kappa shape index (κ2) is 6.50. The van der Waals surface area contributed by atoms with Gasteiger partial charge in [-0.15, -0.1) is 0 Å². The minimum absolute atomic E-state index is 0.428. The average Bonchev–Trinajstić information content (AvgIpc) is 2.47. The second-order valence-corrected chi connectivity index (χ2v) is 6.03. The molecule has 110 valence electrons. The number of hydrogen-bond acceptors (Lipinski definition) is 2. The van der Waals surface area contributed by atoms with Gasteiger partial charge in [0.1, 0.15) is 5.54 Å². The summed E-state index contributed by atoms with van der Waals surface area (Å²) in [6.07, 6.45) is 0.519. The fraction of sp³-hybridized carbons (Fsp3) is 0.188. The highest BCUT2D eigenvalue weighted by molar-refractivity contribution is 9.10. The number of hydrogen-bond donors (Lipinski definition) is 2. The molecule has 0 fully saturated rings. The van der Waals surface area contributed by atoms with Crippen molar-refractivity contribution in [2.24, 2.45) is 5.73 Å². The SMILES string of the molecule is CCC(Nc1ccccc1Br)(C(N)=O)c1ccc(Cl)cc1. The van der Waals surface area contributed by atoms with E-state index < -0.39 is 11.4 Å². The summed E-state index contributed by atoms with van der Waals surface area (Å²) < 4.78 is 0.873. The van der Waals surface area contributed by atoms with E-state index in [1.807, 2.05) is 43.3 Å². The van der Waals surface area contributed by atoms with E-state index in [4.69, 9.17) is 17.3 Å². The number of benzene rings is 2. The lowest BCUT2D eigenvalue weighted by molar-refractivity contribution is -0.122. The van der Waals surface area contributed by atoms with Gasteiger partial charge in [0.2, 0.25) is 5.91 Å². The van der Waals surface area contributed by atoms with Crippen molar-refractivity contribution in [3.8, 4) is 0 Å². The number of carbonyl (C=O) groups is 1. The molecule has 3 N–H and O–H groups in total. The topological polar surface area (TPSA) is 55.1 Å². The smallest absolute Gasteiger partial charge is 0.247 e. The Bertz CT molecular complexity index is 645. The van der Waals surface area contributed by atoms with Gasteiger partial charge in [0.25, 0.3) is 0 Å². The molecule has 0 aliphatic carbocycles. The van der Waals surface area contributed by atoms with Gasteiger partial charge in [0, 0.05) is 15.2 Å². The zero-order valence-corrected chi connectivity index (χ0v) is 13.9. The number of carbonyl (C=O) groups excluding carboxylic acids is 1. The first-order valence-electron chi connectivity index (χ1n) is 6.58. The normalized spacial score (nSPS) is 13.5. The highest BCUT2D eigenvalue weighted by Gasteiger charge is 2.37. The van der Waals surface area contributed by atoms with Crippen LogP contribution in [0.5, 0.6) is 0 Å². The van der Waals surface area contributed by atoms with E-state index in [2.05, 4.69) is 21.2 Å². The Morgan fingerprint density at radius 1 is 1.24 bits per heavy atom. The van der Waals surface area contributed by atoms with Gasteiger partial charge in [0.05, 0.1) is 0 Å². The van der Waals surface area contributed by atoms with Crippen molar-refractivity contribution in [3.05, 3.63) is 63.6 Å². The molecule has 5 heteroatoms. The highest BCUT2D eigenvalue weighted by atomic mass is 79.9. The Kier molecular flexibility index (Phi) is 4.91. The number of primary amides is 1. The third-order valence-electron chi connectivity index (χ3n) is 3.51. The molecule has 1 atom stereocenters. The standard InChI is InChI=1S/C16H16BrClN2O/c1-2-16(15(19)21,11-7-9-12(18)10-8-11)20-14-6-4-3-5-13(14)17/h3-10,20H,2H2,1H3,(H2,19,21). The monoisotopic (exact) mass is 366 g/mol. The van der Waals surface area contributed by atoms with Crippen LogP contribution in [0.1, 0.15) is 18.9 Å². The first kappa shape index (κ1) is 15.9. The Balaban J connectivity index is 2.50. The van der Waals surface area contributed by atoms with E-state index in [1.54, 1.807) is 12.1 Å². The van der Waals surface area contributed by atoms with Crippen LogP contribution in [-0.4, -0.2) is 5.91 Å². The number of halogens is 2. The lowest BCUT2D eigenvalue weighted by Gasteiger charge is -2.32. The van der Waals surface area contributed by atoms with Gasteiger partial charge in [-0.1, -0.05) is 42.8 Å². The van der Waals surface area contributed by atoms with Gasteiger partial charge in [-0.2, -0.15) is 0 Å². The fourth-order valence-electron chi connectivity index (χ4n) is 2.27. The lowest BCUT2D eigenvalue weighted by atomic mass is 9.86. The zero-order valence-electron chi connectivity index (χ0n) is 11.6. The van der Waals surface area contributed by atoms with Gasteiger partial charge in [-0.05, 0) is 52.2 Å². The maximum atomic E-state index is 12.2. The molecule has 2 rings (SSSR count). The second-order valence-electron chi connectivity index (χ2n) is 4.73. The largest absolute Gasteiger partial charge is 0.367 e. The van der Waals surface area contributed by atoms with Crippen LogP contribution in [0.15, 0.2) is 53.0 Å². The van der Waals surface area contributed by atoms with Gasteiger partial charge in [-0.25, -0.2) is 0 Å². The molecule has 0 saturated heterocycles. The van der Waals surface area contributed by atoms with E-state index in [9.17, 15) is 4.79 Å². The number of nitrogens with one attached hydrogen (secondary N) is 1. The van der Waals surface area contributed by atoms with Crippen molar-refractivity contribution in [1.29, 1.82) is 0 Å². The summed E-state index contributed by atoms with van der Waals surface area (Å²) in [5.74, 6) is -0.428. The number of anilines is 1. The zero-order chi connectivity index (χ0) is 15.5. The molecule has 0 aromatic heterocycles. The quantitative estimate of drug-likeness (QED) is 0.827. The molecule has 0 saturated carbocycles. The molecule has 1 unspecified atom stereocenters. The van der Waals surface area contributed by atoms with E-state index in [0.29, 0.717) is 11.4 Å². The summed E-state index contributed by atoms with van der Waals surface area (Å²) >= 11 is 9.40. The van der Waals surface area contributed by atoms with Crippen molar-refractivity contribution >= 4 is 39.1 Å². The maximum Gasteiger partial charge on any atom is 0.247 e. The van der Waals surface area contributed by atoms with Crippen LogP contribution in [0.3, 0.4) is 0 Å². The minimum Gasteiger partial charge on any atom is -0.367 e. The molecule has 2 aromatic rings. The van der Waals surface area contributed by atoms with Crippen molar-refractivity contribution in [1.82, 2.24) is 0 Å². The van der Waals surface area contributed by atoms with Crippen LogP contribution in [0.25, 0.3) is 0 Å². The van der Waals surface area contributed by atoms with Crippen LogP contribution in [-0.2, 0) is 10.3 Å². The number of rotatable bonds is 5. The fourth-order valence-corrected chi connectivity index (χ4v) is 2.78. The summed E-state index contributed by atoms with van der Waals surface area (Å²) in [6.45, 7) is 1.92. The van der Waals surface area contributed by atoms with Crippen LogP contribution >= 0.6 is 27.5 Å². The predicted molar refractivity (Wildman–Crippen MR) is 90.4 cm³/mol. The van der Waals surface area contributed by atoms with Crippen LogP contribution in [0, 0.1) is 0 Å². The van der Waals surface area contributed by atoms with E-state index in [1.165, 1.54) is 0 Å².